The SMILES string of the molecule is Cc1ccc(S(=O)(=O)N(CC(=O)N/N=C/c2ccc(F)cc2)c2cccc(C)c2)cc1. The Morgan fingerprint density at radius 1 is 1.00 bits per heavy atom. The molecule has 1 amide bonds. The number of hydrogen-bond donors (Lipinski definition) is 1. The summed E-state index contributed by atoms with van der Waals surface area (Å²) in [5.74, 6) is -0.994. The highest BCUT2D eigenvalue weighted by atomic mass is 32.2. The predicted molar refractivity (Wildman–Crippen MR) is 119 cm³/mol. The van der Waals surface area contributed by atoms with Crippen LogP contribution in [0.4, 0.5) is 10.1 Å². The van der Waals surface area contributed by atoms with Crippen LogP contribution in [0, 0.1) is 19.7 Å². The minimum Gasteiger partial charge on any atom is -0.271 e. The molecular formula is C23H22FN3O3S. The van der Waals surface area contributed by atoms with Crippen LogP contribution in [0.3, 0.4) is 0 Å². The molecule has 31 heavy (non-hydrogen) atoms. The van der Waals surface area contributed by atoms with Crippen LogP contribution < -0.4 is 9.73 Å². The highest BCUT2D eigenvalue weighted by Crippen LogP contribution is 2.24. The Hall–Kier alpha value is -3.52. The lowest BCUT2D eigenvalue weighted by molar-refractivity contribution is -0.119. The maximum atomic E-state index is 13.3. The summed E-state index contributed by atoms with van der Waals surface area (Å²) in [5.41, 5.74) is 5.07. The van der Waals surface area contributed by atoms with Crippen molar-refractivity contribution in [2.75, 3.05) is 10.8 Å². The van der Waals surface area contributed by atoms with Crippen LogP contribution >= 0.6 is 0 Å². The zero-order valence-corrected chi connectivity index (χ0v) is 17.9. The number of nitrogens with one attached hydrogen (secondary N) is 1. The molecular weight excluding hydrogens is 417 g/mol. The fourth-order valence-electron chi connectivity index (χ4n) is 2.83. The Kier molecular flexibility index (Phi) is 6.81. The van der Waals surface area contributed by atoms with E-state index in [0.29, 0.717) is 11.3 Å². The lowest BCUT2D eigenvalue weighted by Gasteiger charge is -2.24. The third kappa shape index (κ3) is 5.76. The Labute approximate surface area is 181 Å². The van der Waals surface area contributed by atoms with Crippen molar-refractivity contribution in [1.82, 2.24) is 5.43 Å². The summed E-state index contributed by atoms with van der Waals surface area (Å²) in [4.78, 5) is 12.6. The van der Waals surface area contributed by atoms with E-state index in [1.807, 2.05) is 19.9 Å². The zero-order valence-electron chi connectivity index (χ0n) is 17.1. The van der Waals surface area contributed by atoms with E-state index < -0.39 is 22.5 Å². The van der Waals surface area contributed by atoms with Crippen molar-refractivity contribution in [3.63, 3.8) is 0 Å². The molecule has 0 aliphatic heterocycles. The molecule has 3 aromatic rings. The Bertz CT molecular complexity index is 1190. The van der Waals surface area contributed by atoms with Crippen LogP contribution in [-0.4, -0.2) is 27.1 Å². The smallest absolute Gasteiger partial charge is 0.264 e. The number of carbonyl (C=O) groups is 1. The first kappa shape index (κ1) is 22.2. The molecule has 0 aromatic heterocycles. The lowest BCUT2D eigenvalue weighted by atomic mass is 10.2. The van der Waals surface area contributed by atoms with E-state index in [4.69, 9.17) is 0 Å². The van der Waals surface area contributed by atoms with Crippen LogP contribution in [0.5, 0.6) is 0 Å². The third-order valence-electron chi connectivity index (χ3n) is 4.46. The van der Waals surface area contributed by atoms with Crippen LogP contribution in [0.1, 0.15) is 16.7 Å². The summed E-state index contributed by atoms with van der Waals surface area (Å²) in [5, 5.41) is 3.83. The molecule has 0 bridgehead atoms. The van der Waals surface area contributed by atoms with Gasteiger partial charge in [0.15, 0.2) is 0 Å². The highest BCUT2D eigenvalue weighted by molar-refractivity contribution is 7.92. The summed E-state index contributed by atoms with van der Waals surface area (Å²) in [6.45, 7) is 3.24. The molecule has 160 valence electrons. The van der Waals surface area contributed by atoms with Crippen molar-refractivity contribution in [1.29, 1.82) is 0 Å². The van der Waals surface area contributed by atoms with Crippen LogP contribution in [0.2, 0.25) is 0 Å². The molecule has 0 unspecified atom stereocenters. The van der Waals surface area contributed by atoms with Gasteiger partial charge < -0.3 is 0 Å². The first-order chi connectivity index (χ1) is 14.8. The molecule has 0 atom stereocenters. The number of hydrazone groups is 1. The third-order valence-corrected chi connectivity index (χ3v) is 6.25. The van der Waals surface area contributed by atoms with E-state index in [0.717, 1.165) is 15.4 Å². The van der Waals surface area contributed by atoms with Crippen molar-refractivity contribution in [3.8, 4) is 0 Å². The van der Waals surface area contributed by atoms with Gasteiger partial charge in [-0.05, 0) is 61.4 Å². The van der Waals surface area contributed by atoms with E-state index in [1.165, 1.54) is 42.6 Å². The van der Waals surface area contributed by atoms with Gasteiger partial charge in [-0.3, -0.25) is 9.10 Å². The number of anilines is 1. The van der Waals surface area contributed by atoms with Gasteiger partial charge in [0.25, 0.3) is 15.9 Å². The van der Waals surface area contributed by atoms with E-state index in [1.54, 1.807) is 30.3 Å². The topological polar surface area (TPSA) is 78.8 Å². The van der Waals surface area contributed by atoms with Crippen LogP contribution in [-0.2, 0) is 14.8 Å². The van der Waals surface area contributed by atoms with Crippen molar-refractivity contribution in [2.45, 2.75) is 18.7 Å². The van der Waals surface area contributed by atoms with Gasteiger partial charge in [-0.25, -0.2) is 18.2 Å². The Morgan fingerprint density at radius 3 is 2.32 bits per heavy atom. The van der Waals surface area contributed by atoms with E-state index in [2.05, 4.69) is 10.5 Å². The van der Waals surface area contributed by atoms with Crippen molar-refractivity contribution in [2.24, 2.45) is 5.10 Å². The second kappa shape index (κ2) is 9.53. The molecule has 8 heteroatoms. The molecule has 3 aromatic carbocycles. The summed E-state index contributed by atoms with van der Waals surface area (Å²) in [7, 11) is -3.99. The van der Waals surface area contributed by atoms with Gasteiger partial charge >= 0.3 is 0 Å². The summed E-state index contributed by atoms with van der Waals surface area (Å²) in [6.07, 6.45) is 1.35. The highest BCUT2D eigenvalue weighted by Gasteiger charge is 2.27. The average Bonchev–Trinajstić information content (AvgIpc) is 2.73. The maximum Gasteiger partial charge on any atom is 0.264 e. The summed E-state index contributed by atoms with van der Waals surface area (Å²) < 4.78 is 40.6. The molecule has 1 N–H and O–H groups in total. The Balaban J connectivity index is 1.83. The molecule has 0 fully saturated rings. The molecule has 0 saturated heterocycles. The van der Waals surface area contributed by atoms with E-state index in [-0.39, 0.29) is 10.7 Å². The van der Waals surface area contributed by atoms with Gasteiger partial charge in [0.1, 0.15) is 12.4 Å². The van der Waals surface area contributed by atoms with Gasteiger partial charge in [0.2, 0.25) is 0 Å². The molecule has 0 spiro atoms. The van der Waals surface area contributed by atoms with E-state index in [9.17, 15) is 17.6 Å². The standard InChI is InChI=1S/C23H22FN3O3S/c1-17-6-12-22(13-7-17)31(29,30)27(21-5-3-4-18(2)14-21)16-23(28)26-25-15-19-8-10-20(24)11-9-19/h3-15H,16H2,1-2H3,(H,26,28)/b25-15+. The second-order valence-corrected chi connectivity index (χ2v) is 8.87. The minimum atomic E-state index is -3.99. The first-order valence-corrected chi connectivity index (χ1v) is 10.9. The van der Waals surface area contributed by atoms with Crippen molar-refractivity contribution in [3.05, 3.63) is 95.3 Å². The fourth-order valence-corrected chi connectivity index (χ4v) is 4.24. The molecule has 6 nitrogen and oxygen atoms in total. The molecule has 0 radical (unpaired) electrons. The van der Waals surface area contributed by atoms with Gasteiger partial charge in [-0.15, -0.1) is 0 Å². The fraction of sp³-hybridized carbons (Fsp3) is 0.130. The normalized spacial score (nSPS) is 11.5. The number of halogens is 1. The predicted octanol–water partition coefficient (Wildman–Crippen LogP) is 3.79. The molecule has 3 rings (SSSR count). The molecule has 0 aliphatic carbocycles. The first-order valence-electron chi connectivity index (χ1n) is 9.49. The minimum absolute atomic E-state index is 0.0854. The van der Waals surface area contributed by atoms with Gasteiger partial charge in [0, 0.05) is 0 Å². The summed E-state index contributed by atoms with van der Waals surface area (Å²) >= 11 is 0. The number of sulfonamides is 1. The number of nitrogens with zero attached hydrogens (tertiary/aromatic N) is 2. The second-order valence-electron chi connectivity index (χ2n) is 7.01. The summed E-state index contributed by atoms with van der Waals surface area (Å²) in [6, 6.07) is 18.9. The number of rotatable bonds is 7. The number of amides is 1. The molecule has 0 saturated carbocycles. The van der Waals surface area contributed by atoms with Crippen molar-refractivity contribution < 1.29 is 17.6 Å². The average molecular weight is 440 g/mol. The van der Waals surface area contributed by atoms with Crippen LogP contribution in [0.15, 0.2) is 82.8 Å². The van der Waals surface area contributed by atoms with Crippen molar-refractivity contribution >= 4 is 27.8 Å². The van der Waals surface area contributed by atoms with Gasteiger partial charge in [-0.2, -0.15) is 5.10 Å². The molecule has 0 aliphatic rings. The van der Waals surface area contributed by atoms with Gasteiger partial charge in [0.05, 0.1) is 16.8 Å². The van der Waals surface area contributed by atoms with Gasteiger partial charge in [-0.1, -0.05) is 42.0 Å². The quantitative estimate of drug-likeness (QED) is 0.449. The monoisotopic (exact) mass is 439 g/mol. The largest absolute Gasteiger partial charge is 0.271 e. The maximum absolute atomic E-state index is 13.3. The lowest BCUT2D eigenvalue weighted by Crippen LogP contribution is -2.39. The number of aryl methyl sites for hydroxylation is 2. The number of benzene rings is 3. The zero-order chi connectivity index (χ0) is 22.4. The number of hydrogen-bond acceptors (Lipinski definition) is 4. The van der Waals surface area contributed by atoms with E-state index >= 15 is 0 Å². The molecule has 0 heterocycles. The Morgan fingerprint density at radius 2 is 1.68 bits per heavy atom. The van der Waals surface area contributed by atoms with Crippen LogP contribution in [0.25, 0.3) is 0 Å². The number of carbonyl (C=O) groups excluding carboxylic acids is 1.